The average Bonchev–Trinajstić information content (AvgIpc) is 2.35. The summed E-state index contributed by atoms with van der Waals surface area (Å²) in [7, 11) is 0.308. The normalized spacial score (nSPS) is 21.7. The Labute approximate surface area is 115 Å². The zero-order valence-corrected chi connectivity index (χ0v) is 13.0. The SMILES string of the molecule is CC(C)(C)NBN1C(=O)CC(SC(C)(C)C)C1=O. The van der Waals surface area contributed by atoms with E-state index in [9.17, 15) is 9.59 Å². The van der Waals surface area contributed by atoms with Crippen molar-refractivity contribution in [1.82, 2.24) is 10.0 Å². The molecule has 1 fully saturated rings. The van der Waals surface area contributed by atoms with Crippen LogP contribution >= 0.6 is 11.8 Å². The summed E-state index contributed by atoms with van der Waals surface area (Å²) in [5.74, 6) is -0.129. The highest BCUT2D eigenvalue weighted by Gasteiger charge is 2.41. The second-order valence-corrected chi connectivity index (χ2v) is 8.70. The molecule has 4 nitrogen and oxygen atoms in total. The lowest BCUT2D eigenvalue weighted by Gasteiger charge is -2.24. The highest BCUT2D eigenvalue weighted by molar-refractivity contribution is 8.01. The van der Waals surface area contributed by atoms with Gasteiger partial charge in [-0.15, -0.1) is 11.8 Å². The van der Waals surface area contributed by atoms with Gasteiger partial charge in [-0.25, -0.2) is 0 Å². The Hall–Kier alpha value is -0.485. The summed E-state index contributed by atoms with van der Waals surface area (Å²) in [6, 6.07) is 0. The molecular weight excluding hydrogens is 247 g/mol. The summed E-state index contributed by atoms with van der Waals surface area (Å²) in [5.41, 5.74) is -0.101. The molecule has 1 atom stereocenters. The van der Waals surface area contributed by atoms with E-state index in [0.29, 0.717) is 14.0 Å². The summed E-state index contributed by atoms with van der Waals surface area (Å²) in [5, 5.41) is 2.96. The van der Waals surface area contributed by atoms with Gasteiger partial charge >= 0.3 is 7.55 Å². The largest absolute Gasteiger partial charge is 0.335 e. The van der Waals surface area contributed by atoms with E-state index in [1.165, 1.54) is 4.81 Å². The summed E-state index contributed by atoms with van der Waals surface area (Å²) >= 11 is 1.57. The van der Waals surface area contributed by atoms with Crippen LogP contribution in [0.1, 0.15) is 48.0 Å². The molecule has 102 valence electrons. The first-order valence-corrected chi connectivity index (χ1v) is 7.15. The van der Waals surface area contributed by atoms with Crippen LogP contribution in [0, 0.1) is 0 Å². The fraction of sp³-hybridized carbons (Fsp3) is 0.833. The van der Waals surface area contributed by atoms with Crippen molar-refractivity contribution < 1.29 is 9.59 Å². The van der Waals surface area contributed by atoms with Gasteiger partial charge in [-0.3, -0.25) is 9.59 Å². The van der Waals surface area contributed by atoms with Crippen molar-refractivity contribution in [2.24, 2.45) is 0 Å². The Morgan fingerprint density at radius 3 is 2.22 bits per heavy atom. The zero-order chi connectivity index (χ0) is 14.1. The molecule has 1 heterocycles. The van der Waals surface area contributed by atoms with Crippen molar-refractivity contribution in [3.8, 4) is 0 Å². The van der Waals surface area contributed by atoms with Crippen molar-refractivity contribution in [1.29, 1.82) is 0 Å². The predicted molar refractivity (Wildman–Crippen MR) is 77.6 cm³/mol. The number of rotatable bonds is 3. The van der Waals surface area contributed by atoms with Crippen LogP contribution in [-0.2, 0) is 9.59 Å². The maximum atomic E-state index is 12.2. The first-order valence-electron chi connectivity index (χ1n) is 6.27. The van der Waals surface area contributed by atoms with Crippen molar-refractivity contribution in [2.75, 3.05) is 0 Å². The Bertz CT molecular complexity index is 347. The maximum Gasteiger partial charge on any atom is 0.332 e. The summed E-state index contributed by atoms with van der Waals surface area (Å²) in [6.07, 6.45) is 0.326. The van der Waals surface area contributed by atoms with Crippen LogP contribution < -0.4 is 5.23 Å². The highest BCUT2D eigenvalue weighted by atomic mass is 32.2. The monoisotopic (exact) mass is 270 g/mol. The first-order chi connectivity index (χ1) is 7.99. The summed E-state index contributed by atoms with van der Waals surface area (Å²) in [6.45, 7) is 12.2. The van der Waals surface area contributed by atoms with Crippen molar-refractivity contribution in [3.05, 3.63) is 0 Å². The number of nitrogens with one attached hydrogen (secondary N) is 1. The van der Waals surface area contributed by atoms with Crippen LogP contribution in [-0.4, -0.2) is 39.7 Å². The van der Waals surface area contributed by atoms with Gasteiger partial charge in [0.15, 0.2) is 0 Å². The van der Waals surface area contributed by atoms with Crippen molar-refractivity contribution >= 4 is 31.1 Å². The molecule has 1 saturated heterocycles. The van der Waals surface area contributed by atoms with Crippen LogP contribution in [0.25, 0.3) is 0 Å². The van der Waals surface area contributed by atoms with Crippen LogP contribution in [0.15, 0.2) is 0 Å². The second-order valence-electron chi connectivity index (χ2n) is 6.67. The second kappa shape index (κ2) is 5.25. The Balaban J connectivity index is 2.62. The number of hydrogen-bond donors (Lipinski definition) is 1. The molecule has 18 heavy (non-hydrogen) atoms. The molecule has 0 radical (unpaired) electrons. The third-order valence-corrected chi connectivity index (χ3v) is 3.83. The number of nitrogens with zero attached hydrogens (tertiary/aromatic N) is 1. The summed E-state index contributed by atoms with van der Waals surface area (Å²) in [4.78, 5) is 25.3. The van der Waals surface area contributed by atoms with Gasteiger partial charge in [-0.05, 0) is 20.8 Å². The Morgan fingerprint density at radius 2 is 1.78 bits per heavy atom. The Kier molecular flexibility index (Phi) is 4.54. The average molecular weight is 270 g/mol. The smallest absolute Gasteiger partial charge is 0.332 e. The fourth-order valence-electron chi connectivity index (χ4n) is 1.65. The quantitative estimate of drug-likeness (QED) is 0.620. The number of thioether (sulfide) groups is 1. The number of carbonyl (C=O) groups excluding carboxylic acids is 2. The molecule has 1 rings (SSSR count). The minimum absolute atomic E-state index is 0.00588. The molecule has 0 saturated carbocycles. The Morgan fingerprint density at radius 1 is 1.22 bits per heavy atom. The standard InChI is InChI=1S/C12H23BN2O2S/c1-11(2,3)14-13-15-9(16)7-8(10(15)17)18-12(4,5)6/h8,13-14H,7H2,1-6H3. The molecule has 0 aromatic carbocycles. The third kappa shape index (κ3) is 4.65. The molecule has 1 aliphatic heterocycles. The third-order valence-electron chi connectivity index (χ3n) is 2.47. The van der Waals surface area contributed by atoms with Crippen molar-refractivity contribution in [3.63, 3.8) is 0 Å². The van der Waals surface area contributed by atoms with Gasteiger partial charge in [0.2, 0.25) is 11.8 Å². The van der Waals surface area contributed by atoms with E-state index in [1.807, 2.05) is 20.8 Å². The lowest BCUT2D eigenvalue weighted by molar-refractivity contribution is -0.132. The molecular formula is C12H23BN2O2S. The van der Waals surface area contributed by atoms with Crippen LogP contribution in [0.2, 0.25) is 0 Å². The predicted octanol–water partition coefficient (Wildman–Crippen LogP) is 1.30. The molecule has 0 bridgehead atoms. The van der Waals surface area contributed by atoms with E-state index in [1.54, 1.807) is 11.8 Å². The molecule has 1 unspecified atom stereocenters. The van der Waals surface area contributed by atoms with E-state index >= 15 is 0 Å². The molecule has 2 amide bonds. The highest BCUT2D eigenvalue weighted by Crippen LogP contribution is 2.34. The van der Waals surface area contributed by atoms with E-state index in [2.05, 4.69) is 26.0 Å². The van der Waals surface area contributed by atoms with Gasteiger partial charge in [0, 0.05) is 16.7 Å². The molecule has 6 heteroatoms. The van der Waals surface area contributed by atoms with Gasteiger partial charge in [0.1, 0.15) is 0 Å². The zero-order valence-electron chi connectivity index (χ0n) is 12.2. The molecule has 0 aromatic heterocycles. The maximum absolute atomic E-state index is 12.2. The van der Waals surface area contributed by atoms with Gasteiger partial charge < -0.3 is 10.0 Å². The van der Waals surface area contributed by atoms with Gasteiger partial charge in [0.05, 0.1) is 5.25 Å². The lowest BCUT2D eigenvalue weighted by Crippen LogP contribution is -2.49. The van der Waals surface area contributed by atoms with Crippen LogP contribution in [0.3, 0.4) is 0 Å². The number of hydrogen-bond acceptors (Lipinski definition) is 4. The number of amides is 2. The number of carbonyl (C=O) groups is 2. The summed E-state index contributed by atoms with van der Waals surface area (Å²) < 4.78 is -0.00588. The topological polar surface area (TPSA) is 49.4 Å². The minimum Gasteiger partial charge on any atom is -0.335 e. The van der Waals surface area contributed by atoms with Gasteiger partial charge in [0.25, 0.3) is 0 Å². The van der Waals surface area contributed by atoms with Crippen molar-refractivity contribution in [2.45, 2.75) is 63.5 Å². The molecule has 0 aromatic rings. The number of imide groups is 1. The van der Waals surface area contributed by atoms with E-state index in [0.717, 1.165) is 0 Å². The van der Waals surface area contributed by atoms with Crippen LogP contribution in [0.4, 0.5) is 0 Å². The van der Waals surface area contributed by atoms with Crippen LogP contribution in [0.5, 0.6) is 0 Å². The molecule has 1 N–H and O–H groups in total. The van der Waals surface area contributed by atoms with E-state index in [-0.39, 0.29) is 27.4 Å². The minimum atomic E-state index is -0.223. The molecule has 0 aliphatic carbocycles. The first kappa shape index (κ1) is 15.6. The fourth-order valence-corrected chi connectivity index (χ4v) is 2.96. The molecule has 1 aliphatic rings. The van der Waals surface area contributed by atoms with Gasteiger partial charge in [-0.1, -0.05) is 20.8 Å². The lowest BCUT2D eigenvalue weighted by atomic mass is 9.99. The van der Waals surface area contributed by atoms with E-state index < -0.39 is 0 Å². The molecule has 0 spiro atoms. The van der Waals surface area contributed by atoms with E-state index in [4.69, 9.17) is 0 Å². The van der Waals surface area contributed by atoms with Gasteiger partial charge in [-0.2, -0.15) is 0 Å².